The number of carbonyl (C=O) groups is 1. The van der Waals surface area contributed by atoms with E-state index in [2.05, 4.69) is 28.8 Å². The number of amides is 1. The van der Waals surface area contributed by atoms with E-state index >= 15 is 0 Å². The lowest BCUT2D eigenvalue weighted by Gasteiger charge is -2.34. The molecule has 1 aliphatic rings. The fourth-order valence-corrected chi connectivity index (χ4v) is 3.57. The van der Waals surface area contributed by atoms with Crippen LogP contribution < -0.4 is 0 Å². The molecule has 1 amide bonds. The van der Waals surface area contributed by atoms with Gasteiger partial charge in [0.05, 0.1) is 24.7 Å². The molecule has 0 fully saturated rings. The standard InChI is InChI=1S/C16H22N4OS/c1-18(2)8-6-14-12-19(11-13-5-7-17-20(13)14)16(21)10-15-4-3-9-22-15/h3-5,7,9,14H,6,8,10-12H2,1-2H3/t14-/m0/s1. The van der Waals surface area contributed by atoms with Gasteiger partial charge in [-0.25, -0.2) is 0 Å². The van der Waals surface area contributed by atoms with Crippen LogP contribution in [0.4, 0.5) is 0 Å². The topological polar surface area (TPSA) is 41.4 Å². The Labute approximate surface area is 135 Å². The summed E-state index contributed by atoms with van der Waals surface area (Å²) in [5, 5.41) is 6.47. The van der Waals surface area contributed by atoms with E-state index < -0.39 is 0 Å². The summed E-state index contributed by atoms with van der Waals surface area (Å²) in [6.45, 7) is 2.42. The van der Waals surface area contributed by atoms with Gasteiger partial charge in [0.2, 0.25) is 5.91 Å². The summed E-state index contributed by atoms with van der Waals surface area (Å²) < 4.78 is 2.10. The van der Waals surface area contributed by atoms with Crippen molar-refractivity contribution in [3.63, 3.8) is 0 Å². The summed E-state index contributed by atoms with van der Waals surface area (Å²) in [5.74, 6) is 0.213. The predicted molar refractivity (Wildman–Crippen MR) is 87.9 cm³/mol. The first-order valence-corrected chi connectivity index (χ1v) is 8.48. The molecule has 2 aromatic heterocycles. The first-order chi connectivity index (χ1) is 10.6. The van der Waals surface area contributed by atoms with Gasteiger partial charge in [0, 0.05) is 17.6 Å². The van der Waals surface area contributed by atoms with Gasteiger partial charge in [-0.05, 0) is 44.6 Å². The number of aromatic nitrogens is 2. The molecule has 5 nitrogen and oxygen atoms in total. The van der Waals surface area contributed by atoms with Crippen LogP contribution in [0.25, 0.3) is 0 Å². The summed E-state index contributed by atoms with van der Waals surface area (Å²) in [7, 11) is 4.15. The minimum Gasteiger partial charge on any atom is -0.334 e. The molecule has 3 rings (SSSR count). The van der Waals surface area contributed by atoms with Crippen LogP contribution in [0.1, 0.15) is 23.0 Å². The predicted octanol–water partition coefficient (Wildman–Crippen LogP) is 2.02. The van der Waals surface area contributed by atoms with Crippen LogP contribution in [0.2, 0.25) is 0 Å². The Hall–Kier alpha value is -1.66. The number of hydrogen-bond donors (Lipinski definition) is 0. The molecule has 0 radical (unpaired) electrons. The molecule has 6 heteroatoms. The molecular formula is C16H22N4OS. The molecule has 2 aromatic rings. The minimum absolute atomic E-state index is 0.213. The van der Waals surface area contributed by atoms with Crippen LogP contribution in [-0.2, 0) is 17.8 Å². The first kappa shape index (κ1) is 15.2. The fourth-order valence-electron chi connectivity index (χ4n) is 2.87. The van der Waals surface area contributed by atoms with Crippen molar-refractivity contribution >= 4 is 17.2 Å². The number of carbonyl (C=O) groups excluding carboxylic acids is 1. The second kappa shape index (κ2) is 6.62. The normalized spacial score (nSPS) is 17.8. The zero-order valence-corrected chi connectivity index (χ0v) is 13.9. The second-order valence-electron chi connectivity index (χ2n) is 6.04. The smallest absolute Gasteiger partial charge is 0.228 e. The summed E-state index contributed by atoms with van der Waals surface area (Å²) in [5.41, 5.74) is 1.13. The molecule has 0 saturated heterocycles. The van der Waals surface area contributed by atoms with Crippen molar-refractivity contribution in [1.82, 2.24) is 19.6 Å². The van der Waals surface area contributed by atoms with Gasteiger partial charge in [-0.1, -0.05) is 6.07 Å². The van der Waals surface area contributed by atoms with Crippen LogP contribution in [0.5, 0.6) is 0 Å². The first-order valence-electron chi connectivity index (χ1n) is 7.61. The van der Waals surface area contributed by atoms with Crippen molar-refractivity contribution in [1.29, 1.82) is 0 Å². The molecule has 0 spiro atoms. The zero-order chi connectivity index (χ0) is 15.5. The Morgan fingerprint density at radius 1 is 1.45 bits per heavy atom. The Bertz CT molecular complexity index is 620. The third-order valence-electron chi connectivity index (χ3n) is 4.05. The molecule has 1 atom stereocenters. The Morgan fingerprint density at radius 3 is 3.05 bits per heavy atom. The van der Waals surface area contributed by atoms with Crippen LogP contribution in [0.15, 0.2) is 29.8 Å². The molecule has 0 saturated carbocycles. The van der Waals surface area contributed by atoms with Crippen molar-refractivity contribution in [2.45, 2.75) is 25.4 Å². The van der Waals surface area contributed by atoms with E-state index in [-0.39, 0.29) is 11.9 Å². The van der Waals surface area contributed by atoms with E-state index in [1.807, 2.05) is 34.7 Å². The minimum atomic E-state index is 0.213. The summed E-state index contributed by atoms with van der Waals surface area (Å²) in [6, 6.07) is 6.32. The average molecular weight is 318 g/mol. The van der Waals surface area contributed by atoms with E-state index in [1.165, 1.54) is 0 Å². The summed E-state index contributed by atoms with van der Waals surface area (Å²) >= 11 is 1.65. The van der Waals surface area contributed by atoms with Crippen LogP contribution in [-0.4, -0.2) is 52.7 Å². The lowest BCUT2D eigenvalue weighted by molar-refractivity contribution is -0.132. The highest BCUT2D eigenvalue weighted by atomic mass is 32.1. The molecule has 0 aliphatic carbocycles. The Morgan fingerprint density at radius 2 is 2.32 bits per heavy atom. The van der Waals surface area contributed by atoms with Crippen LogP contribution in [0.3, 0.4) is 0 Å². The number of nitrogens with zero attached hydrogens (tertiary/aromatic N) is 4. The van der Waals surface area contributed by atoms with Gasteiger partial charge in [0.1, 0.15) is 0 Å². The molecule has 0 bridgehead atoms. The van der Waals surface area contributed by atoms with Crippen molar-refractivity contribution in [2.24, 2.45) is 0 Å². The van der Waals surface area contributed by atoms with Crippen LogP contribution >= 0.6 is 11.3 Å². The summed E-state index contributed by atoms with van der Waals surface area (Å²) in [4.78, 5) is 17.9. The van der Waals surface area contributed by atoms with Crippen molar-refractivity contribution in [3.05, 3.63) is 40.3 Å². The highest BCUT2D eigenvalue weighted by molar-refractivity contribution is 7.10. The second-order valence-corrected chi connectivity index (χ2v) is 7.08. The average Bonchev–Trinajstić information content (AvgIpc) is 3.14. The van der Waals surface area contributed by atoms with Gasteiger partial charge >= 0.3 is 0 Å². The van der Waals surface area contributed by atoms with Gasteiger partial charge < -0.3 is 9.80 Å². The molecule has 0 aromatic carbocycles. The highest BCUT2D eigenvalue weighted by Crippen LogP contribution is 2.24. The molecule has 118 valence electrons. The maximum Gasteiger partial charge on any atom is 0.228 e. The van der Waals surface area contributed by atoms with Gasteiger partial charge in [0.15, 0.2) is 0 Å². The molecule has 0 N–H and O–H groups in total. The van der Waals surface area contributed by atoms with E-state index in [4.69, 9.17) is 0 Å². The van der Waals surface area contributed by atoms with Crippen molar-refractivity contribution in [2.75, 3.05) is 27.2 Å². The van der Waals surface area contributed by atoms with E-state index in [9.17, 15) is 4.79 Å². The van der Waals surface area contributed by atoms with Crippen LogP contribution in [0, 0.1) is 0 Å². The monoisotopic (exact) mass is 318 g/mol. The third-order valence-corrected chi connectivity index (χ3v) is 4.93. The van der Waals surface area contributed by atoms with Gasteiger partial charge in [-0.2, -0.15) is 5.10 Å². The Balaban J connectivity index is 1.70. The van der Waals surface area contributed by atoms with Crippen molar-refractivity contribution in [3.8, 4) is 0 Å². The number of thiophene rings is 1. The number of rotatable bonds is 5. The molecule has 0 unspecified atom stereocenters. The largest absolute Gasteiger partial charge is 0.334 e. The molecule has 1 aliphatic heterocycles. The lowest BCUT2D eigenvalue weighted by atomic mass is 10.1. The number of fused-ring (bicyclic) bond motifs is 1. The van der Waals surface area contributed by atoms with Gasteiger partial charge in [-0.3, -0.25) is 9.48 Å². The third kappa shape index (κ3) is 3.39. The van der Waals surface area contributed by atoms with E-state index in [1.54, 1.807) is 11.3 Å². The van der Waals surface area contributed by atoms with E-state index in [0.29, 0.717) is 13.0 Å². The number of hydrogen-bond acceptors (Lipinski definition) is 4. The lowest BCUT2D eigenvalue weighted by Crippen LogP contribution is -2.42. The fraction of sp³-hybridized carbons (Fsp3) is 0.500. The molecule has 22 heavy (non-hydrogen) atoms. The maximum atomic E-state index is 12.6. The SMILES string of the molecule is CN(C)CC[C@H]1CN(C(=O)Cc2cccs2)Cc2ccnn21. The quantitative estimate of drug-likeness (QED) is 0.847. The van der Waals surface area contributed by atoms with Gasteiger partial charge in [0.25, 0.3) is 0 Å². The summed E-state index contributed by atoms with van der Waals surface area (Å²) in [6.07, 6.45) is 3.35. The van der Waals surface area contributed by atoms with Gasteiger partial charge in [-0.15, -0.1) is 11.3 Å². The Kier molecular flexibility index (Phi) is 4.59. The van der Waals surface area contributed by atoms with Crippen molar-refractivity contribution < 1.29 is 4.79 Å². The highest BCUT2D eigenvalue weighted by Gasteiger charge is 2.28. The molecule has 3 heterocycles. The molecular weight excluding hydrogens is 296 g/mol. The maximum absolute atomic E-state index is 12.6. The zero-order valence-electron chi connectivity index (χ0n) is 13.1. The van der Waals surface area contributed by atoms with E-state index in [0.717, 1.165) is 30.1 Å².